The second kappa shape index (κ2) is 16.4. The van der Waals surface area contributed by atoms with Crippen LogP contribution in [0, 0.1) is 5.92 Å². The van der Waals surface area contributed by atoms with Crippen molar-refractivity contribution in [1.29, 1.82) is 0 Å². The van der Waals surface area contributed by atoms with Gasteiger partial charge in [-0.05, 0) is 29.7 Å². The molecule has 262 valence electrons. The smallest absolute Gasteiger partial charge is 0.408 e. The van der Waals surface area contributed by atoms with Gasteiger partial charge in [0.25, 0.3) is 0 Å². The molecular formula is C37H34ClN5O8. The Hall–Kier alpha value is -5.66. The molecule has 3 aromatic carbocycles. The summed E-state index contributed by atoms with van der Waals surface area (Å²) in [6, 6.07) is 25.7. The lowest BCUT2D eigenvalue weighted by Gasteiger charge is -2.26. The summed E-state index contributed by atoms with van der Waals surface area (Å²) < 4.78 is 24.9. The van der Waals surface area contributed by atoms with Crippen LogP contribution in [0.25, 0.3) is 11.2 Å². The van der Waals surface area contributed by atoms with E-state index in [9.17, 15) is 19.2 Å². The van der Waals surface area contributed by atoms with Gasteiger partial charge in [0.2, 0.25) is 0 Å². The number of rotatable bonds is 13. The van der Waals surface area contributed by atoms with Crippen molar-refractivity contribution in [3.05, 3.63) is 125 Å². The first-order valence-corrected chi connectivity index (χ1v) is 16.6. The van der Waals surface area contributed by atoms with Gasteiger partial charge >= 0.3 is 18.0 Å². The minimum absolute atomic E-state index is 0.00683. The lowest BCUT2D eigenvalue weighted by atomic mass is 9.88. The van der Waals surface area contributed by atoms with Gasteiger partial charge in [-0.1, -0.05) is 90.5 Å². The number of hydrogen-bond acceptors (Lipinski definition) is 11. The van der Waals surface area contributed by atoms with E-state index in [1.165, 1.54) is 24.1 Å². The second-order valence-corrected chi connectivity index (χ2v) is 12.2. The van der Waals surface area contributed by atoms with Crippen LogP contribution in [0.2, 0.25) is 5.15 Å². The van der Waals surface area contributed by atoms with Crippen LogP contribution >= 0.6 is 11.6 Å². The maximum atomic E-state index is 14.3. The monoisotopic (exact) mass is 711 g/mol. The number of ether oxygens (including phenoxy) is 4. The fourth-order valence-corrected chi connectivity index (χ4v) is 6.13. The third-order valence-electron chi connectivity index (χ3n) is 8.39. The molecule has 1 fully saturated rings. The predicted octanol–water partition coefficient (Wildman–Crippen LogP) is 5.28. The Balaban J connectivity index is 1.29. The number of hydrogen-bond donors (Lipinski definition) is 1. The molecule has 51 heavy (non-hydrogen) atoms. The summed E-state index contributed by atoms with van der Waals surface area (Å²) in [6.07, 6.45) is -1.22. The first kappa shape index (κ1) is 35.2. The van der Waals surface area contributed by atoms with Gasteiger partial charge in [-0.2, -0.15) is 0 Å². The number of fused-ring (bicyclic) bond motifs is 1. The van der Waals surface area contributed by atoms with Crippen LogP contribution in [-0.2, 0) is 41.6 Å². The number of ketones is 1. The van der Waals surface area contributed by atoms with Crippen LogP contribution in [0.4, 0.5) is 4.79 Å². The lowest BCUT2D eigenvalue weighted by Crippen LogP contribution is -2.45. The van der Waals surface area contributed by atoms with Crippen molar-refractivity contribution in [2.45, 2.75) is 50.8 Å². The molecule has 0 aliphatic carbocycles. The Morgan fingerprint density at radius 2 is 1.55 bits per heavy atom. The molecule has 1 unspecified atom stereocenters. The summed E-state index contributed by atoms with van der Waals surface area (Å²) in [7, 11) is 0. The molecule has 14 heteroatoms. The molecule has 13 nitrogen and oxygen atoms in total. The van der Waals surface area contributed by atoms with E-state index < -0.39 is 48.4 Å². The normalized spacial score (nSPS) is 18.9. The van der Waals surface area contributed by atoms with E-state index in [1.807, 2.05) is 60.7 Å². The van der Waals surface area contributed by atoms with Gasteiger partial charge in [0, 0.05) is 19.3 Å². The van der Waals surface area contributed by atoms with Gasteiger partial charge in [0.15, 0.2) is 28.9 Å². The van der Waals surface area contributed by atoms with Crippen molar-refractivity contribution in [3.63, 3.8) is 0 Å². The Labute approximate surface area is 297 Å². The number of alkyl carbamates (subject to hydrolysis) is 1. The summed E-state index contributed by atoms with van der Waals surface area (Å²) in [5.74, 6) is -2.46. The molecule has 5 atom stereocenters. The van der Waals surface area contributed by atoms with Crippen LogP contribution in [0.5, 0.6) is 0 Å². The zero-order valence-corrected chi connectivity index (χ0v) is 28.2. The van der Waals surface area contributed by atoms with Crippen molar-refractivity contribution in [1.82, 2.24) is 24.8 Å². The Morgan fingerprint density at radius 1 is 0.882 bits per heavy atom. The topological polar surface area (TPSA) is 161 Å². The predicted molar refractivity (Wildman–Crippen MR) is 183 cm³/mol. The fraction of sp³-hybridized carbons (Fsp3) is 0.270. The minimum atomic E-state index is -1.07. The number of carbonyl (C=O) groups excluding carboxylic acids is 4. The number of benzene rings is 3. The quantitative estimate of drug-likeness (QED) is 0.0961. The average molecular weight is 712 g/mol. The van der Waals surface area contributed by atoms with Crippen molar-refractivity contribution < 1.29 is 38.1 Å². The van der Waals surface area contributed by atoms with Crippen molar-refractivity contribution >= 4 is 46.6 Å². The highest BCUT2D eigenvalue weighted by molar-refractivity contribution is 6.33. The number of nitrogens with zero attached hydrogens (tertiary/aromatic N) is 4. The number of aromatic nitrogens is 4. The highest BCUT2D eigenvalue weighted by Gasteiger charge is 2.50. The maximum Gasteiger partial charge on any atom is 0.408 e. The van der Waals surface area contributed by atoms with E-state index in [-0.39, 0.29) is 42.5 Å². The number of carbonyl (C=O) groups is 4. The molecule has 1 aliphatic rings. The van der Waals surface area contributed by atoms with Gasteiger partial charge in [0.05, 0.1) is 17.9 Å². The molecule has 6 rings (SSSR count). The van der Waals surface area contributed by atoms with E-state index in [2.05, 4.69) is 20.3 Å². The highest BCUT2D eigenvalue weighted by atomic mass is 35.5. The van der Waals surface area contributed by atoms with E-state index in [1.54, 1.807) is 30.3 Å². The van der Waals surface area contributed by atoms with Gasteiger partial charge < -0.3 is 24.3 Å². The molecule has 2 aromatic heterocycles. The number of esters is 2. The summed E-state index contributed by atoms with van der Waals surface area (Å²) in [6.45, 7) is 0.970. The maximum absolute atomic E-state index is 14.3. The zero-order chi connectivity index (χ0) is 35.7. The van der Waals surface area contributed by atoms with E-state index in [0.717, 1.165) is 11.1 Å². The van der Waals surface area contributed by atoms with E-state index in [4.69, 9.17) is 30.5 Å². The standard InChI is InChI=1S/C37H34ClN5O8/c1-23(44)50-32-27(18-29(45)28(17-24-11-5-2-6-12-24)42-37(47)49-19-25-13-7-3-8-14-25)30(20-48-36(46)26-15-9-4-10-16-26)51-35(32)43-22-41-31-33(38)39-21-40-34(31)43/h2-16,21-22,27-28,30,32,35H,17-20H2,1H3,(H,42,47)/t27-,28-,30+,32?,35+/m0/s1. The summed E-state index contributed by atoms with van der Waals surface area (Å²) in [4.78, 5) is 65.4. The number of imidazole rings is 1. The molecule has 0 saturated carbocycles. The molecule has 5 aromatic rings. The molecule has 1 amide bonds. The largest absolute Gasteiger partial charge is 0.459 e. The third-order valence-corrected chi connectivity index (χ3v) is 8.66. The first-order chi connectivity index (χ1) is 24.8. The number of Topliss-reactive ketones (excluding diaryl/α,β-unsaturated/α-hetero) is 1. The lowest BCUT2D eigenvalue weighted by molar-refractivity contribution is -0.154. The van der Waals surface area contributed by atoms with Crippen LogP contribution in [0.15, 0.2) is 104 Å². The van der Waals surface area contributed by atoms with E-state index >= 15 is 0 Å². The Morgan fingerprint density at radius 3 is 2.24 bits per heavy atom. The van der Waals surface area contributed by atoms with Gasteiger partial charge in [-0.15, -0.1) is 0 Å². The average Bonchev–Trinajstić information content (AvgIpc) is 3.72. The van der Waals surface area contributed by atoms with E-state index in [0.29, 0.717) is 11.2 Å². The van der Waals surface area contributed by atoms with Crippen molar-refractivity contribution in [3.8, 4) is 0 Å². The van der Waals surface area contributed by atoms with Gasteiger partial charge in [-0.25, -0.2) is 24.5 Å². The summed E-state index contributed by atoms with van der Waals surface area (Å²) in [5, 5.41) is 2.84. The molecule has 1 saturated heterocycles. The van der Waals surface area contributed by atoms with Gasteiger partial charge in [-0.3, -0.25) is 14.2 Å². The zero-order valence-electron chi connectivity index (χ0n) is 27.5. The molecule has 1 aliphatic heterocycles. The Kier molecular flexibility index (Phi) is 11.3. The molecule has 3 heterocycles. The number of amides is 1. The third kappa shape index (κ3) is 8.74. The Bertz CT molecular complexity index is 1980. The van der Waals surface area contributed by atoms with Crippen LogP contribution < -0.4 is 5.32 Å². The number of halogens is 1. The van der Waals surface area contributed by atoms with Crippen LogP contribution in [0.1, 0.15) is 41.1 Å². The molecule has 0 radical (unpaired) electrons. The molecular weight excluding hydrogens is 678 g/mol. The second-order valence-electron chi connectivity index (χ2n) is 11.9. The minimum Gasteiger partial charge on any atom is -0.459 e. The van der Waals surface area contributed by atoms with Crippen LogP contribution in [0.3, 0.4) is 0 Å². The summed E-state index contributed by atoms with van der Waals surface area (Å²) in [5.41, 5.74) is 2.49. The molecule has 0 spiro atoms. The highest BCUT2D eigenvalue weighted by Crippen LogP contribution is 2.40. The van der Waals surface area contributed by atoms with Crippen LogP contribution in [-0.4, -0.2) is 68.2 Å². The first-order valence-electron chi connectivity index (χ1n) is 16.2. The number of nitrogens with one attached hydrogen (secondary N) is 1. The van der Waals surface area contributed by atoms with Crippen molar-refractivity contribution in [2.24, 2.45) is 5.92 Å². The molecule has 1 N–H and O–H groups in total. The SMILES string of the molecule is CC(=O)OC1[C@@H](CC(=O)[C@H](Cc2ccccc2)NC(=O)OCc2ccccc2)[C@@H](COC(=O)c2ccccc2)O[C@H]1n1cnc2c(Cl)ncnc21. The summed E-state index contributed by atoms with van der Waals surface area (Å²) >= 11 is 6.27. The fourth-order valence-electron chi connectivity index (χ4n) is 5.95. The molecule has 0 bridgehead atoms. The van der Waals surface area contributed by atoms with Gasteiger partial charge in [0.1, 0.15) is 31.2 Å². The van der Waals surface area contributed by atoms with Crippen molar-refractivity contribution in [2.75, 3.05) is 6.61 Å².